The van der Waals surface area contributed by atoms with E-state index in [2.05, 4.69) is 20.6 Å². The molecule has 1 fully saturated rings. The fraction of sp³-hybridized carbons (Fsp3) is 0.538. The van der Waals surface area contributed by atoms with Crippen LogP contribution in [0.2, 0.25) is 0 Å². The Morgan fingerprint density at radius 2 is 2.05 bits per heavy atom. The molecule has 1 heterocycles. The molecule has 2 atom stereocenters. The average molecular weight is 310 g/mol. The molecule has 0 radical (unpaired) electrons. The normalized spacial score (nSPS) is 21.1. The highest BCUT2D eigenvalue weighted by molar-refractivity contribution is 5.83. The molecule has 1 amide bonds. The van der Waals surface area contributed by atoms with Gasteiger partial charge >= 0.3 is 11.7 Å². The van der Waals surface area contributed by atoms with Crippen LogP contribution in [0.5, 0.6) is 0 Å². The fourth-order valence-corrected chi connectivity index (χ4v) is 2.63. The van der Waals surface area contributed by atoms with Crippen molar-refractivity contribution in [3.8, 4) is 0 Å². The third-order valence-corrected chi connectivity index (χ3v) is 3.58. The number of rotatable bonds is 5. The van der Waals surface area contributed by atoms with Crippen LogP contribution in [0.4, 0.5) is 5.82 Å². The van der Waals surface area contributed by atoms with Gasteiger partial charge in [0.05, 0.1) is 0 Å². The summed E-state index contributed by atoms with van der Waals surface area (Å²) in [7, 11) is 0. The van der Waals surface area contributed by atoms with E-state index in [1.54, 1.807) is 0 Å². The largest absolute Gasteiger partial charge is 0.480 e. The van der Waals surface area contributed by atoms with Crippen molar-refractivity contribution in [3.05, 3.63) is 26.9 Å². The highest BCUT2D eigenvalue weighted by atomic mass is 16.4. The lowest BCUT2D eigenvalue weighted by molar-refractivity contribution is -0.138. The lowest BCUT2D eigenvalue weighted by Crippen LogP contribution is -2.39. The fourth-order valence-electron chi connectivity index (χ4n) is 2.63. The van der Waals surface area contributed by atoms with Crippen LogP contribution in [-0.2, 0) is 9.59 Å². The lowest BCUT2D eigenvalue weighted by atomic mass is 9.85. The minimum absolute atomic E-state index is 0.0632. The quantitative estimate of drug-likeness (QED) is 0.483. The molecule has 9 nitrogen and oxygen atoms in total. The zero-order valence-corrected chi connectivity index (χ0v) is 11.8. The molecule has 0 aromatic carbocycles. The Bertz CT molecular complexity index is 637. The van der Waals surface area contributed by atoms with E-state index in [-0.39, 0.29) is 17.9 Å². The van der Waals surface area contributed by atoms with Gasteiger partial charge in [0.15, 0.2) is 0 Å². The van der Waals surface area contributed by atoms with Gasteiger partial charge in [0, 0.05) is 18.0 Å². The van der Waals surface area contributed by atoms with Crippen LogP contribution in [0.3, 0.4) is 0 Å². The van der Waals surface area contributed by atoms with Gasteiger partial charge in [-0.2, -0.15) is 0 Å². The van der Waals surface area contributed by atoms with E-state index in [1.807, 2.05) is 0 Å². The van der Waals surface area contributed by atoms with Gasteiger partial charge in [-0.05, 0) is 19.3 Å². The summed E-state index contributed by atoms with van der Waals surface area (Å²) in [6.07, 6.45) is 2.81. The number of anilines is 1. The minimum Gasteiger partial charge on any atom is -0.480 e. The summed E-state index contributed by atoms with van der Waals surface area (Å²) in [6, 6.07) is 1.18. The third kappa shape index (κ3) is 4.47. The molecule has 1 aliphatic rings. The first kappa shape index (κ1) is 15.8. The molecule has 0 saturated heterocycles. The van der Waals surface area contributed by atoms with E-state index in [0.717, 1.165) is 12.8 Å². The molecule has 1 saturated carbocycles. The number of aromatic nitrogens is 2. The first-order valence-electron chi connectivity index (χ1n) is 7.03. The van der Waals surface area contributed by atoms with Gasteiger partial charge < -0.3 is 15.7 Å². The number of carbonyl (C=O) groups is 2. The number of aliphatic carboxylic acids is 1. The van der Waals surface area contributed by atoms with E-state index >= 15 is 0 Å². The Balaban J connectivity index is 1.95. The smallest absolute Gasteiger partial charge is 0.327 e. The predicted octanol–water partition coefficient (Wildman–Crippen LogP) is -0.765. The second kappa shape index (κ2) is 6.92. The van der Waals surface area contributed by atoms with Crippen molar-refractivity contribution < 1.29 is 14.7 Å². The maximum Gasteiger partial charge on any atom is 0.327 e. The number of amides is 1. The molecule has 2 unspecified atom stereocenters. The Morgan fingerprint density at radius 3 is 2.73 bits per heavy atom. The van der Waals surface area contributed by atoms with Crippen LogP contribution < -0.4 is 21.9 Å². The molecule has 1 aromatic heterocycles. The second-order valence-corrected chi connectivity index (χ2v) is 5.32. The van der Waals surface area contributed by atoms with Crippen molar-refractivity contribution in [3.63, 3.8) is 0 Å². The van der Waals surface area contributed by atoms with Crippen molar-refractivity contribution >= 4 is 17.7 Å². The minimum atomic E-state index is -1.08. The highest BCUT2D eigenvalue weighted by Gasteiger charge is 2.27. The summed E-state index contributed by atoms with van der Waals surface area (Å²) in [5, 5.41) is 14.0. The number of carboxylic acid groups (broad SMARTS) is 1. The van der Waals surface area contributed by atoms with Gasteiger partial charge in [0.2, 0.25) is 5.91 Å². The topological polar surface area (TPSA) is 144 Å². The molecule has 2 rings (SSSR count). The van der Waals surface area contributed by atoms with Gasteiger partial charge in [0.25, 0.3) is 5.56 Å². The molecule has 5 N–H and O–H groups in total. The first-order valence-corrected chi connectivity index (χ1v) is 7.03. The van der Waals surface area contributed by atoms with Gasteiger partial charge in [-0.15, -0.1) is 0 Å². The molecule has 120 valence electrons. The van der Waals surface area contributed by atoms with Crippen LogP contribution in [0.15, 0.2) is 15.7 Å². The van der Waals surface area contributed by atoms with Crippen molar-refractivity contribution in [2.75, 3.05) is 11.9 Å². The van der Waals surface area contributed by atoms with Crippen molar-refractivity contribution in [2.45, 2.75) is 31.7 Å². The van der Waals surface area contributed by atoms with E-state index < -0.39 is 23.8 Å². The SMILES string of the molecule is O=C(O)CNC(=O)C1CCCC(Nc2cc(=O)[nH]c(=O)[nH]2)C1. The van der Waals surface area contributed by atoms with Gasteiger partial charge in [-0.3, -0.25) is 24.4 Å². The van der Waals surface area contributed by atoms with E-state index in [0.29, 0.717) is 18.7 Å². The Kier molecular flexibility index (Phi) is 4.97. The monoisotopic (exact) mass is 310 g/mol. The van der Waals surface area contributed by atoms with Crippen LogP contribution >= 0.6 is 0 Å². The van der Waals surface area contributed by atoms with Crippen LogP contribution in [0, 0.1) is 5.92 Å². The number of carbonyl (C=O) groups excluding carboxylic acids is 1. The Labute approximate surface area is 125 Å². The van der Waals surface area contributed by atoms with Gasteiger partial charge in [-0.1, -0.05) is 6.42 Å². The van der Waals surface area contributed by atoms with Gasteiger partial charge in [0.1, 0.15) is 12.4 Å². The summed E-state index contributed by atoms with van der Waals surface area (Å²) < 4.78 is 0. The predicted molar refractivity (Wildman–Crippen MR) is 77.7 cm³/mol. The second-order valence-electron chi connectivity index (χ2n) is 5.32. The zero-order chi connectivity index (χ0) is 16.1. The van der Waals surface area contributed by atoms with Gasteiger partial charge in [-0.25, -0.2) is 4.79 Å². The lowest BCUT2D eigenvalue weighted by Gasteiger charge is -2.29. The molecular formula is C13H18N4O5. The zero-order valence-electron chi connectivity index (χ0n) is 11.8. The summed E-state index contributed by atoms with van der Waals surface area (Å²) in [6.45, 7) is -0.394. The molecular weight excluding hydrogens is 292 g/mol. The first-order chi connectivity index (χ1) is 10.4. The van der Waals surface area contributed by atoms with Crippen LogP contribution in [-0.4, -0.2) is 39.5 Å². The number of hydrogen-bond acceptors (Lipinski definition) is 5. The number of carboxylic acids is 1. The molecule has 22 heavy (non-hydrogen) atoms. The van der Waals surface area contributed by atoms with E-state index in [4.69, 9.17) is 5.11 Å². The molecule has 0 aliphatic heterocycles. The van der Waals surface area contributed by atoms with Crippen molar-refractivity contribution in [1.82, 2.24) is 15.3 Å². The summed E-state index contributed by atoms with van der Waals surface area (Å²) in [4.78, 5) is 49.4. The Morgan fingerprint density at radius 1 is 1.27 bits per heavy atom. The summed E-state index contributed by atoms with van der Waals surface area (Å²) >= 11 is 0. The third-order valence-electron chi connectivity index (χ3n) is 3.58. The van der Waals surface area contributed by atoms with E-state index in [1.165, 1.54) is 6.07 Å². The Hall–Kier alpha value is -2.58. The van der Waals surface area contributed by atoms with Crippen LogP contribution in [0.1, 0.15) is 25.7 Å². The number of aromatic amines is 2. The average Bonchev–Trinajstić information content (AvgIpc) is 2.44. The molecule has 0 spiro atoms. The van der Waals surface area contributed by atoms with Crippen molar-refractivity contribution in [2.24, 2.45) is 5.92 Å². The van der Waals surface area contributed by atoms with E-state index in [9.17, 15) is 19.2 Å². The maximum atomic E-state index is 11.9. The summed E-state index contributed by atoms with van der Waals surface area (Å²) in [5.41, 5.74) is -1.10. The molecule has 1 aromatic rings. The van der Waals surface area contributed by atoms with Crippen LogP contribution in [0.25, 0.3) is 0 Å². The molecule has 0 bridgehead atoms. The molecule has 1 aliphatic carbocycles. The number of nitrogens with one attached hydrogen (secondary N) is 4. The maximum absolute atomic E-state index is 11.9. The molecule has 9 heteroatoms. The van der Waals surface area contributed by atoms with Crippen molar-refractivity contribution in [1.29, 1.82) is 0 Å². The number of H-pyrrole nitrogens is 2. The summed E-state index contributed by atoms with van der Waals surface area (Å²) in [5.74, 6) is -1.34. The number of hydrogen-bond donors (Lipinski definition) is 5. The highest BCUT2D eigenvalue weighted by Crippen LogP contribution is 2.26. The standard InChI is InChI=1S/C13H18N4O5/c18-10-5-9(16-13(22)17-10)15-8-3-1-2-7(4-8)12(21)14-6-11(19)20/h5,7-8H,1-4,6H2,(H,14,21)(H,19,20)(H3,15,16,17,18,22).